The monoisotopic (exact) mass is 684 g/mol. The Hall–Kier alpha value is -5.19. The molecule has 2 amide bonds. The molecule has 50 heavy (non-hydrogen) atoms. The van der Waals surface area contributed by atoms with Crippen LogP contribution in [-0.4, -0.2) is 74.9 Å². The van der Waals surface area contributed by atoms with Crippen molar-refractivity contribution >= 4 is 23.5 Å². The van der Waals surface area contributed by atoms with E-state index in [9.17, 15) is 22.8 Å². The molecule has 1 fully saturated rings. The fraction of sp³-hybridized carbons (Fsp3) is 0.351. The van der Waals surface area contributed by atoms with Crippen molar-refractivity contribution in [3.8, 4) is 23.2 Å². The summed E-state index contributed by atoms with van der Waals surface area (Å²) >= 11 is 0. The number of hydrogen-bond donors (Lipinski definition) is 3. The van der Waals surface area contributed by atoms with Gasteiger partial charge >= 0.3 is 6.18 Å². The van der Waals surface area contributed by atoms with Crippen molar-refractivity contribution in [1.29, 1.82) is 0 Å². The van der Waals surface area contributed by atoms with Crippen LogP contribution in [0.2, 0.25) is 0 Å². The summed E-state index contributed by atoms with van der Waals surface area (Å²) < 4.78 is 44.4. The van der Waals surface area contributed by atoms with E-state index in [1.165, 1.54) is 18.3 Å². The Balaban J connectivity index is 1.17. The lowest BCUT2D eigenvalue weighted by molar-refractivity contribution is -0.138. The van der Waals surface area contributed by atoms with Crippen LogP contribution in [0.1, 0.15) is 57.7 Å². The van der Waals surface area contributed by atoms with Crippen LogP contribution in [0.5, 0.6) is 0 Å². The van der Waals surface area contributed by atoms with Crippen LogP contribution in [0.25, 0.3) is 11.4 Å². The number of carbonyl (C=O) groups is 2. The van der Waals surface area contributed by atoms with E-state index in [0.717, 1.165) is 11.8 Å². The molecule has 4 N–H and O–H groups in total. The molecule has 0 radical (unpaired) electrons. The first-order chi connectivity index (χ1) is 23.8. The smallest absolute Gasteiger partial charge is 0.368 e. The molecule has 2 unspecified atom stereocenters. The highest BCUT2D eigenvalue weighted by atomic mass is 19.4. The van der Waals surface area contributed by atoms with Gasteiger partial charge in [0.2, 0.25) is 11.9 Å². The number of halogens is 3. The molecule has 10 nitrogen and oxygen atoms in total. The predicted molar refractivity (Wildman–Crippen MR) is 185 cm³/mol. The average Bonchev–Trinajstić information content (AvgIpc) is 3.40. The maximum atomic E-state index is 14.2. The van der Waals surface area contributed by atoms with Gasteiger partial charge in [-0.2, -0.15) is 13.2 Å². The molecule has 0 spiro atoms. The molecule has 260 valence electrons. The predicted octanol–water partition coefficient (Wildman–Crippen LogP) is 4.47. The molecule has 4 aromatic rings. The number of nitrogens with one attached hydrogen (secondary N) is 2. The normalized spacial score (nSPS) is 18.2. The molecule has 1 saturated heterocycles. The zero-order valence-corrected chi connectivity index (χ0v) is 28.4. The maximum absolute atomic E-state index is 14.2. The Kier molecular flexibility index (Phi) is 9.69. The number of rotatable bonds is 6. The molecule has 0 bridgehead atoms. The number of hydrogen-bond acceptors (Lipinski definition) is 7. The van der Waals surface area contributed by atoms with Gasteiger partial charge in [0.05, 0.1) is 28.8 Å². The number of fused-ring (bicyclic) bond motifs is 1. The third-order valence-corrected chi connectivity index (χ3v) is 9.46. The van der Waals surface area contributed by atoms with Gasteiger partial charge in [-0.1, -0.05) is 30.0 Å². The summed E-state index contributed by atoms with van der Waals surface area (Å²) in [6.45, 7) is 6.20. The van der Waals surface area contributed by atoms with Crippen molar-refractivity contribution in [3.63, 3.8) is 0 Å². The number of piperazine rings is 1. The molecule has 0 saturated carbocycles. The van der Waals surface area contributed by atoms with Crippen molar-refractivity contribution in [2.45, 2.75) is 51.5 Å². The van der Waals surface area contributed by atoms with Gasteiger partial charge in [0, 0.05) is 74.9 Å². The summed E-state index contributed by atoms with van der Waals surface area (Å²) in [4.78, 5) is 38.3. The molecule has 13 heteroatoms. The van der Waals surface area contributed by atoms with Gasteiger partial charge in [-0.3, -0.25) is 19.4 Å². The lowest BCUT2D eigenvalue weighted by Crippen LogP contribution is -2.54. The summed E-state index contributed by atoms with van der Waals surface area (Å²) in [5.41, 5.74) is 9.82. The van der Waals surface area contributed by atoms with Crippen LogP contribution < -0.4 is 16.4 Å². The van der Waals surface area contributed by atoms with Crippen molar-refractivity contribution in [2.75, 3.05) is 37.7 Å². The van der Waals surface area contributed by atoms with Gasteiger partial charge in [0.1, 0.15) is 5.69 Å². The number of benzene rings is 2. The standard InChI is InChI=1S/C37H39F3N8O2/c1-22-19-48(20-23(2)46(22)3)21-27-10-11-28(16-30(27)37(38,39)40)44-33(49)15-25-7-5-6-24(14-25)8-9-26-18-43-36(41)45-34(26)32-17-29-31(47(32)4)12-13-42-35(29)50/h5-7,10-11,14,16-18,22-23H,12-13,15,19-21H2,1-4H3,(H,42,50)(H,44,49)(H2,41,43,45). The second kappa shape index (κ2) is 14.0. The number of amides is 2. The first kappa shape index (κ1) is 34.7. The molecule has 6 rings (SSSR count). The summed E-state index contributed by atoms with van der Waals surface area (Å²) in [6, 6.07) is 13.3. The number of carbonyl (C=O) groups excluding carboxylic acids is 2. The minimum atomic E-state index is -4.57. The second-order valence-electron chi connectivity index (χ2n) is 13.0. The van der Waals surface area contributed by atoms with E-state index < -0.39 is 17.6 Å². The molecule has 2 aliphatic rings. The van der Waals surface area contributed by atoms with Gasteiger partial charge in [0.15, 0.2) is 0 Å². The summed E-state index contributed by atoms with van der Waals surface area (Å²) in [5, 5.41) is 5.49. The number of nitrogens with zero attached hydrogens (tertiary/aromatic N) is 5. The lowest BCUT2D eigenvalue weighted by atomic mass is 10.0. The molecular weight excluding hydrogens is 645 g/mol. The first-order valence-electron chi connectivity index (χ1n) is 16.4. The van der Waals surface area contributed by atoms with Crippen molar-refractivity contribution in [2.24, 2.45) is 7.05 Å². The van der Waals surface area contributed by atoms with Crippen LogP contribution in [0, 0.1) is 11.8 Å². The second-order valence-corrected chi connectivity index (χ2v) is 13.0. The van der Waals surface area contributed by atoms with Crippen LogP contribution in [0.15, 0.2) is 54.7 Å². The number of anilines is 2. The van der Waals surface area contributed by atoms with E-state index in [1.807, 2.05) is 23.6 Å². The number of nitrogen functional groups attached to an aromatic ring is 1. The fourth-order valence-electron chi connectivity index (χ4n) is 6.67. The van der Waals surface area contributed by atoms with Gasteiger partial charge in [-0.25, -0.2) is 9.97 Å². The van der Waals surface area contributed by atoms with Crippen molar-refractivity contribution in [1.82, 2.24) is 29.7 Å². The van der Waals surface area contributed by atoms with Crippen molar-refractivity contribution in [3.05, 3.63) is 93.8 Å². The van der Waals surface area contributed by atoms with E-state index in [0.29, 0.717) is 59.7 Å². The molecule has 2 aromatic heterocycles. The Morgan fingerprint density at radius 3 is 2.56 bits per heavy atom. The van der Waals surface area contributed by atoms with Gasteiger partial charge < -0.3 is 20.9 Å². The van der Waals surface area contributed by atoms with E-state index in [4.69, 9.17) is 5.73 Å². The lowest BCUT2D eigenvalue weighted by Gasteiger charge is -2.42. The molecule has 2 aliphatic heterocycles. The SMILES string of the molecule is CC1CN(Cc2ccc(NC(=O)Cc3cccc(C#Cc4cnc(N)nc4-c4cc5c(n4C)CCNC5=O)c3)cc2C(F)(F)F)CC(C)N1C. The number of likely N-dealkylation sites (N-methyl/N-ethyl adjacent to an activating group) is 1. The highest BCUT2D eigenvalue weighted by molar-refractivity contribution is 5.98. The zero-order valence-electron chi connectivity index (χ0n) is 28.4. The highest BCUT2D eigenvalue weighted by Crippen LogP contribution is 2.35. The topological polar surface area (TPSA) is 121 Å². The Morgan fingerprint density at radius 1 is 1.08 bits per heavy atom. The molecule has 4 heterocycles. The highest BCUT2D eigenvalue weighted by Gasteiger charge is 2.35. The Morgan fingerprint density at radius 2 is 1.84 bits per heavy atom. The average molecular weight is 685 g/mol. The summed E-state index contributed by atoms with van der Waals surface area (Å²) in [7, 11) is 3.90. The first-order valence-corrected chi connectivity index (χ1v) is 16.4. The summed E-state index contributed by atoms with van der Waals surface area (Å²) in [6.07, 6.45) is -2.43. The van der Waals surface area contributed by atoms with E-state index in [2.05, 4.69) is 51.2 Å². The van der Waals surface area contributed by atoms with Crippen molar-refractivity contribution < 1.29 is 22.8 Å². The fourth-order valence-corrected chi connectivity index (χ4v) is 6.67. The van der Waals surface area contributed by atoms with Gasteiger partial charge in [0.25, 0.3) is 5.91 Å². The van der Waals surface area contributed by atoms with Gasteiger partial charge in [-0.05, 0) is 62.4 Å². The Labute approximate surface area is 288 Å². The number of alkyl halides is 3. The van der Waals surface area contributed by atoms with E-state index >= 15 is 0 Å². The van der Waals surface area contributed by atoms with Crippen LogP contribution in [0.4, 0.5) is 24.8 Å². The third kappa shape index (κ3) is 7.51. The third-order valence-electron chi connectivity index (χ3n) is 9.46. The van der Waals surface area contributed by atoms with E-state index in [1.54, 1.807) is 30.3 Å². The van der Waals surface area contributed by atoms with Crippen LogP contribution >= 0.6 is 0 Å². The van der Waals surface area contributed by atoms with Gasteiger partial charge in [-0.15, -0.1) is 0 Å². The molecular formula is C37H39F3N8O2. The van der Waals surface area contributed by atoms with Crippen LogP contribution in [-0.2, 0) is 37.4 Å². The quantitative estimate of drug-likeness (QED) is 0.256. The summed E-state index contributed by atoms with van der Waals surface area (Å²) in [5.74, 6) is 5.66. The Bertz CT molecular complexity index is 2000. The molecule has 2 atom stereocenters. The zero-order chi connectivity index (χ0) is 35.7. The number of aromatic nitrogens is 3. The molecule has 2 aromatic carbocycles. The number of nitrogens with two attached hydrogens (primary N) is 1. The minimum absolute atomic E-state index is 0.0666. The molecule has 0 aliphatic carbocycles. The maximum Gasteiger partial charge on any atom is 0.416 e. The van der Waals surface area contributed by atoms with E-state index in [-0.39, 0.29) is 48.2 Å². The van der Waals surface area contributed by atoms with Crippen LogP contribution in [0.3, 0.4) is 0 Å². The minimum Gasteiger partial charge on any atom is -0.368 e. The largest absolute Gasteiger partial charge is 0.416 e.